The normalized spacial score (nSPS) is 10.9. The first kappa shape index (κ1) is 31.9. The van der Waals surface area contributed by atoms with E-state index >= 15 is 0 Å². The molecule has 0 heterocycles. The number of nitrogens with zero attached hydrogens (tertiary/aromatic N) is 1. The zero-order valence-corrected chi connectivity index (χ0v) is 24.0. The van der Waals surface area contributed by atoms with Gasteiger partial charge in [-0.05, 0) is 68.3 Å². The molecule has 0 fully saturated rings. The van der Waals surface area contributed by atoms with Gasteiger partial charge < -0.3 is 14.2 Å². The molecular weight excluding hydrogens is 492 g/mol. The minimum Gasteiger partial charge on any atom is -0.494 e. The lowest BCUT2D eigenvalue weighted by Gasteiger charge is -2.11. The van der Waals surface area contributed by atoms with Crippen LogP contribution >= 0.6 is 0 Å². The first-order chi connectivity index (χ1) is 19.1. The Morgan fingerprint density at radius 1 is 0.744 bits per heavy atom. The smallest absolute Gasteiger partial charge is 0.343 e. The van der Waals surface area contributed by atoms with Gasteiger partial charge >= 0.3 is 5.97 Å². The Morgan fingerprint density at radius 2 is 1.36 bits per heavy atom. The monoisotopic (exact) mass is 538 g/mol. The Kier molecular flexibility index (Phi) is 16.1. The highest BCUT2D eigenvalue weighted by molar-refractivity contribution is 5.91. The van der Waals surface area contributed by atoms with Crippen molar-refractivity contribution < 1.29 is 23.8 Å². The predicted molar refractivity (Wildman–Crippen MR) is 157 cm³/mol. The molecule has 0 spiro atoms. The summed E-state index contributed by atoms with van der Waals surface area (Å²) in [5.41, 5.74) is 3.72. The zero-order chi connectivity index (χ0) is 28.1. The number of hydrazone groups is 1. The molecular formula is C32H46N2O5. The van der Waals surface area contributed by atoms with Crippen molar-refractivity contribution in [1.82, 2.24) is 5.43 Å². The Labute approximate surface area is 234 Å². The summed E-state index contributed by atoms with van der Waals surface area (Å²) in [6, 6.07) is 11.9. The van der Waals surface area contributed by atoms with E-state index in [1.807, 2.05) is 13.8 Å². The second-order valence-corrected chi connectivity index (χ2v) is 9.56. The number of hydrogen-bond acceptors (Lipinski definition) is 6. The van der Waals surface area contributed by atoms with Gasteiger partial charge in [0.25, 0.3) is 0 Å². The largest absolute Gasteiger partial charge is 0.494 e. The first-order valence-corrected chi connectivity index (χ1v) is 14.6. The first-order valence-electron chi connectivity index (χ1n) is 14.6. The van der Waals surface area contributed by atoms with Crippen LogP contribution in [0, 0.1) is 0 Å². The van der Waals surface area contributed by atoms with Gasteiger partial charge in [-0.1, -0.05) is 71.1 Å². The summed E-state index contributed by atoms with van der Waals surface area (Å²) in [7, 11) is 0. The maximum Gasteiger partial charge on any atom is 0.343 e. The highest BCUT2D eigenvalue weighted by atomic mass is 16.6. The molecule has 0 aliphatic rings. The van der Waals surface area contributed by atoms with Gasteiger partial charge in [-0.3, -0.25) is 4.79 Å². The molecule has 2 rings (SSSR count). The van der Waals surface area contributed by atoms with Gasteiger partial charge in [-0.2, -0.15) is 5.10 Å². The molecule has 0 saturated heterocycles. The van der Waals surface area contributed by atoms with Crippen LogP contribution in [0.2, 0.25) is 0 Å². The number of unbranched alkanes of at least 4 members (excludes halogenated alkanes) is 10. The van der Waals surface area contributed by atoms with Crippen molar-refractivity contribution in [2.45, 2.75) is 97.8 Å². The summed E-state index contributed by atoms with van der Waals surface area (Å²) in [4.78, 5) is 24.7. The molecule has 7 heteroatoms. The maximum atomic E-state index is 12.6. The standard InChI is InChI=1S/C32H46N2O5/c1-4-7-8-9-10-11-12-13-14-15-16-17-31(35)34-33-25-26-18-23-29(30(24-26)38-6-3)39-32(36)27-19-21-28(22-20-27)37-5-2/h18-25H,4-17H2,1-3H3,(H,34,35)/b33-25-. The molecule has 0 atom stereocenters. The average Bonchev–Trinajstić information content (AvgIpc) is 2.93. The molecule has 0 unspecified atom stereocenters. The Balaban J connectivity index is 1.73. The second-order valence-electron chi connectivity index (χ2n) is 9.56. The minimum absolute atomic E-state index is 0.0897. The SMILES string of the molecule is CCCCCCCCCCCCCC(=O)N/N=C\c1ccc(OC(=O)c2ccc(OCC)cc2)c(OCC)c1. The van der Waals surface area contributed by atoms with Crippen molar-refractivity contribution in [3.8, 4) is 17.2 Å². The van der Waals surface area contributed by atoms with Gasteiger partial charge in [0, 0.05) is 6.42 Å². The van der Waals surface area contributed by atoms with Crippen LogP contribution in [-0.4, -0.2) is 31.3 Å². The van der Waals surface area contributed by atoms with Gasteiger partial charge in [0.15, 0.2) is 11.5 Å². The van der Waals surface area contributed by atoms with Crippen LogP contribution < -0.4 is 19.6 Å². The summed E-state index contributed by atoms with van der Waals surface area (Å²) in [5, 5.41) is 4.07. The van der Waals surface area contributed by atoms with E-state index in [0.29, 0.717) is 48.0 Å². The number of carbonyl (C=O) groups is 2. The van der Waals surface area contributed by atoms with E-state index in [4.69, 9.17) is 14.2 Å². The number of ether oxygens (including phenoxy) is 3. The zero-order valence-electron chi connectivity index (χ0n) is 24.0. The van der Waals surface area contributed by atoms with Crippen LogP contribution in [0.1, 0.15) is 114 Å². The topological polar surface area (TPSA) is 86.2 Å². The number of nitrogens with one attached hydrogen (secondary N) is 1. The lowest BCUT2D eigenvalue weighted by molar-refractivity contribution is -0.121. The summed E-state index contributed by atoms with van der Waals surface area (Å²) in [6.07, 6.45) is 15.8. The van der Waals surface area contributed by atoms with Crippen molar-refractivity contribution in [3.05, 3.63) is 53.6 Å². The van der Waals surface area contributed by atoms with E-state index in [1.54, 1.807) is 48.7 Å². The molecule has 1 N–H and O–H groups in total. The van der Waals surface area contributed by atoms with Crippen LogP contribution in [0.25, 0.3) is 0 Å². The lowest BCUT2D eigenvalue weighted by Crippen LogP contribution is -2.16. The third-order valence-corrected chi connectivity index (χ3v) is 6.28. The highest BCUT2D eigenvalue weighted by Gasteiger charge is 2.13. The molecule has 2 aromatic carbocycles. The van der Waals surface area contributed by atoms with Gasteiger partial charge in [-0.25, -0.2) is 10.2 Å². The molecule has 39 heavy (non-hydrogen) atoms. The molecule has 0 radical (unpaired) electrons. The minimum atomic E-state index is -0.491. The van der Waals surface area contributed by atoms with Crippen LogP contribution in [0.5, 0.6) is 17.2 Å². The molecule has 7 nitrogen and oxygen atoms in total. The molecule has 0 bridgehead atoms. The number of amides is 1. The lowest BCUT2D eigenvalue weighted by atomic mass is 10.1. The Hall–Kier alpha value is -3.35. The summed E-state index contributed by atoms with van der Waals surface area (Å²) in [5.74, 6) is 0.850. The van der Waals surface area contributed by atoms with Crippen molar-refractivity contribution in [3.63, 3.8) is 0 Å². The number of rotatable bonds is 20. The number of hydrogen-bond donors (Lipinski definition) is 1. The van der Waals surface area contributed by atoms with E-state index in [-0.39, 0.29) is 5.91 Å². The summed E-state index contributed by atoms with van der Waals surface area (Å²) < 4.78 is 16.6. The van der Waals surface area contributed by atoms with E-state index in [2.05, 4.69) is 17.5 Å². The van der Waals surface area contributed by atoms with Crippen LogP contribution in [0.3, 0.4) is 0 Å². The molecule has 0 aliphatic carbocycles. The highest BCUT2D eigenvalue weighted by Crippen LogP contribution is 2.29. The van der Waals surface area contributed by atoms with E-state index in [1.165, 1.54) is 57.8 Å². The van der Waals surface area contributed by atoms with Crippen LogP contribution in [-0.2, 0) is 4.79 Å². The Morgan fingerprint density at radius 3 is 1.97 bits per heavy atom. The van der Waals surface area contributed by atoms with Crippen LogP contribution in [0.15, 0.2) is 47.6 Å². The quantitative estimate of drug-likeness (QED) is 0.0610. The van der Waals surface area contributed by atoms with Crippen LogP contribution in [0.4, 0.5) is 0 Å². The third kappa shape index (κ3) is 13.3. The van der Waals surface area contributed by atoms with Crippen molar-refractivity contribution in [2.75, 3.05) is 13.2 Å². The van der Waals surface area contributed by atoms with E-state index in [0.717, 1.165) is 12.8 Å². The molecule has 0 aromatic heterocycles. The molecule has 214 valence electrons. The van der Waals surface area contributed by atoms with Crippen molar-refractivity contribution in [2.24, 2.45) is 5.10 Å². The van der Waals surface area contributed by atoms with Crippen molar-refractivity contribution >= 4 is 18.1 Å². The number of benzene rings is 2. The molecule has 2 aromatic rings. The second kappa shape index (κ2) is 19.7. The van der Waals surface area contributed by atoms with Gasteiger partial charge in [0.2, 0.25) is 5.91 Å². The summed E-state index contributed by atoms with van der Waals surface area (Å²) >= 11 is 0. The third-order valence-electron chi connectivity index (χ3n) is 6.28. The van der Waals surface area contributed by atoms with Gasteiger partial charge in [0.1, 0.15) is 5.75 Å². The van der Waals surface area contributed by atoms with Crippen molar-refractivity contribution in [1.29, 1.82) is 0 Å². The fourth-order valence-corrected chi connectivity index (χ4v) is 4.15. The summed E-state index contributed by atoms with van der Waals surface area (Å²) in [6.45, 7) is 6.97. The number of carbonyl (C=O) groups excluding carboxylic acids is 2. The predicted octanol–water partition coefficient (Wildman–Crippen LogP) is 7.85. The fourth-order valence-electron chi connectivity index (χ4n) is 4.15. The van der Waals surface area contributed by atoms with Gasteiger partial charge in [-0.15, -0.1) is 0 Å². The van der Waals surface area contributed by atoms with E-state index < -0.39 is 5.97 Å². The Bertz CT molecular complexity index is 1000. The number of esters is 1. The van der Waals surface area contributed by atoms with E-state index in [9.17, 15) is 9.59 Å². The molecule has 0 aliphatic heterocycles. The maximum absolute atomic E-state index is 12.6. The molecule has 1 amide bonds. The fraction of sp³-hybridized carbons (Fsp3) is 0.531. The van der Waals surface area contributed by atoms with Gasteiger partial charge in [0.05, 0.1) is 25.0 Å². The average molecular weight is 539 g/mol. The molecule has 0 saturated carbocycles.